The van der Waals surface area contributed by atoms with E-state index >= 15 is 0 Å². The molecule has 0 aliphatic carbocycles. The highest BCUT2D eigenvalue weighted by Crippen LogP contribution is 2.32. The molecule has 1 amide bonds. The Hall–Kier alpha value is -3.13. The average Bonchev–Trinajstić information content (AvgIpc) is 3.09. The largest absolute Gasteiger partial charge is 0.372 e. The first kappa shape index (κ1) is 14.8. The summed E-state index contributed by atoms with van der Waals surface area (Å²) >= 11 is 0. The van der Waals surface area contributed by atoms with Gasteiger partial charge in [-0.15, -0.1) is 10.2 Å². The summed E-state index contributed by atoms with van der Waals surface area (Å²) in [5.41, 5.74) is 3.68. The third-order valence-corrected chi connectivity index (χ3v) is 3.52. The van der Waals surface area contributed by atoms with Crippen LogP contribution < -0.4 is 5.73 Å². The molecule has 8 heteroatoms. The fourth-order valence-electron chi connectivity index (χ4n) is 2.33. The van der Waals surface area contributed by atoms with E-state index in [1.165, 1.54) is 12.1 Å². The summed E-state index contributed by atoms with van der Waals surface area (Å²) in [6.45, 7) is 0. The van der Waals surface area contributed by atoms with Crippen LogP contribution >= 0.6 is 0 Å². The number of rotatable bonds is 4. The van der Waals surface area contributed by atoms with Crippen molar-refractivity contribution in [2.24, 2.45) is 5.73 Å². The van der Waals surface area contributed by atoms with Gasteiger partial charge in [0, 0.05) is 0 Å². The standard InChI is InChI=1S/C15H12FN5O2/c16-12-7-6-10(8-11(12)13-18-20-21-19-13)15(23,14(17)22)9-4-2-1-3-5-9/h1-8,23H,(H2,17,22)(H,18,19,20,21). The van der Waals surface area contributed by atoms with Gasteiger partial charge in [-0.05, 0) is 28.5 Å². The lowest BCUT2D eigenvalue weighted by molar-refractivity contribution is -0.133. The number of carbonyl (C=O) groups is 1. The summed E-state index contributed by atoms with van der Waals surface area (Å²) in [5.74, 6) is -1.59. The smallest absolute Gasteiger partial charge is 0.258 e. The molecule has 23 heavy (non-hydrogen) atoms. The lowest BCUT2D eigenvalue weighted by Gasteiger charge is -2.26. The number of carbonyl (C=O) groups excluding carboxylic acids is 1. The molecule has 0 radical (unpaired) electrons. The Kier molecular flexibility index (Phi) is 3.59. The fourth-order valence-corrected chi connectivity index (χ4v) is 2.33. The number of primary amides is 1. The van der Waals surface area contributed by atoms with Gasteiger partial charge in [-0.1, -0.05) is 36.4 Å². The summed E-state index contributed by atoms with van der Waals surface area (Å²) in [4.78, 5) is 11.9. The molecule has 0 saturated carbocycles. The molecule has 1 atom stereocenters. The molecular formula is C15H12FN5O2. The van der Waals surface area contributed by atoms with Gasteiger partial charge < -0.3 is 10.8 Å². The summed E-state index contributed by atoms with van der Waals surface area (Å²) < 4.78 is 14.0. The van der Waals surface area contributed by atoms with E-state index in [9.17, 15) is 14.3 Å². The second kappa shape index (κ2) is 5.58. The lowest BCUT2D eigenvalue weighted by atomic mass is 9.85. The number of H-pyrrole nitrogens is 1. The predicted octanol–water partition coefficient (Wildman–Crippen LogP) is 0.727. The van der Waals surface area contributed by atoms with Crippen LogP contribution in [0.5, 0.6) is 0 Å². The van der Waals surface area contributed by atoms with Gasteiger partial charge in [0.2, 0.25) is 5.82 Å². The Balaban J connectivity index is 2.19. The van der Waals surface area contributed by atoms with Crippen molar-refractivity contribution in [3.05, 3.63) is 65.5 Å². The van der Waals surface area contributed by atoms with Crippen molar-refractivity contribution >= 4 is 5.91 Å². The molecule has 1 unspecified atom stereocenters. The van der Waals surface area contributed by atoms with Crippen molar-refractivity contribution in [3.63, 3.8) is 0 Å². The molecule has 4 N–H and O–H groups in total. The third-order valence-electron chi connectivity index (χ3n) is 3.52. The molecule has 1 aromatic heterocycles. The van der Waals surface area contributed by atoms with E-state index < -0.39 is 17.3 Å². The zero-order valence-electron chi connectivity index (χ0n) is 11.8. The highest BCUT2D eigenvalue weighted by atomic mass is 19.1. The monoisotopic (exact) mass is 313 g/mol. The highest BCUT2D eigenvalue weighted by Gasteiger charge is 2.38. The number of aliphatic hydroxyl groups is 1. The maximum absolute atomic E-state index is 14.0. The van der Waals surface area contributed by atoms with E-state index in [0.29, 0.717) is 0 Å². The molecule has 0 spiro atoms. The normalized spacial score (nSPS) is 13.5. The van der Waals surface area contributed by atoms with E-state index in [1.54, 1.807) is 30.3 Å². The van der Waals surface area contributed by atoms with Gasteiger partial charge in [0.15, 0.2) is 5.60 Å². The Labute approximate surface area is 130 Å². The number of hydrogen-bond acceptors (Lipinski definition) is 5. The number of nitrogens with zero attached hydrogens (tertiary/aromatic N) is 3. The van der Waals surface area contributed by atoms with Gasteiger partial charge >= 0.3 is 0 Å². The number of nitrogens with two attached hydrogens (primary N) is 1. The van der Waals surface area contributed by atoms with E-state index in [4.69, 9.17) is 5.73 Å². The molecule has 7 nitrogen and oxygen atoms in total. The van der Waals surface area contributed by atoms with Crippen LogP contribution in [0.2, 0.25) is 0 Å². The van der Waals surface area contributed by atoms with Crippen LogP contribution in [-0.2, 0) is 10.4 Å². The molecule has 0 bridgehead atoms. The van der Waals surface area contributed by atoms with Gasteiger partial charge in [-0.3, -0.25) is 4.79 Å². The summed E-state index contributed by atoms with van der Waals surface area (Å²) in [5, 5.41) is 23.9. The quantitative estimate of drug-likeness (QED) is 0.656. The molecule has 116 valence electrons. The van der Waals surface area contributed by atoms with E-state index in [1.807, 2.05) is 0 Å². The third kappa shape index (κ3) is 2.44. The number of halogens is 1. The van der Waals surface area contributed by atoms with Crippen LogP contribution in [-0.4, -0.2) is 31.6 Å². The first-order valence-corrected chi connectivity index (χ1v) is 6.65. The first-order chi connectivity index (χ1) is 11.0. The molecule has 0 fully saturated rings. The molecule has 0 saturated heterocycles. The number of aromatic amines is 1. The Bertz CT molecular complexity index is 838. The van der Waals surface area contributed by atoms with Crippen LogP contribution in [0.4, 0.5) is 4.39 Å². The second-order valence-corrected chi connectivity index (χ2v) is 4.87. The average molecular weight is 313 g/mol. The lowest BCUT2D eigenvalue weighted by Crippen LogP contribution is -2.42. The minimum absolute atomic E-state index is 0.00392. The summed E-state index contributed by atoms with van der Waals surface area (Å²) in [6.07, 6.45) is 0. The van der Waals surface area contributed by atoms with Crippen LogP contribution in [0.3, 0.4) is 0 Å². The van der Waals surface area contributed by atoms with Crippen LogP contribution in [0, 0.1) is 5.82 Å². The molecule has 0 aliphatic heterocycles. The molecule has 3 aromatic rings. The SMILES string of the molecule is NC(=O)C(O)(c1ccccc1)c1ccc(F)c(-c2nn[nH]n2)c1. The number of nitrogens with one attached hydrogen (secondary N) is 1. The van der Waals surface area contributed by atoms with Crippen molar-refractivity contribution in [3.8, 4) is 11.4 Å². The van der Waals surface area contributed by atoms with Crippen LogP contribution in [0.15, 0.2) is 48.5 Å². The van der Waals surface area contributed by atoms with Gasteiger partial charge in [-0.2, -0.15) is 5.21 Å². The fraction of sp³-hybridized carbons (Fsp3) is 0.0667. The van der Waals surface area contributed by atoms with Gasteiger partial charge in [0.25, 0.3) is 5.91 Å². The highest BCUT2D eigenvalue weighted by molar-refractivity contribution is 5.89. The zero-order chi connectivity index (χ0) is 16.4. The van der Waals surface area contributed by atoms with Crippen LogP contribution in [0.25, 0.3) is 11.4 Å². The molecule has 2 aromatic carbocycles. The number of aromatic nitrogens is 4. The molecular weight excluding hydrogens is 301 g/mol. The predicted molar refractivity (Wildman–Crippen MR) is 78.2 cm³/mol. The van der Waals surface area contributed by atoms with Crippen molar-refractivity contribution in [1.82, 2.24) is 20.6 Å². The van der Waals surface area contributed by atoms with Crippen molar-refractivity contribution in [2.45, 2.75) is 5.60 Å². The topological polar surface area (TPSA) is 118 Å². The number of hydrogen-bond donors (Lipinski definition) is 3. The number of amides is 1. The van der Waals surface area contributed by atoms with Crippen molar-refractivity contribution in [1.29, 1.82) is 0 Å². The molecule has 0 aliphatic rings. The Morgan fingerprint density at radius 1 is 1.17 bits per heavy atom. The van der Waals surface area contributed by atoms with Gasteiger partial charge in [0.05, 0.1) is 5.56 Å². The van der Waals surface area contributed by atoms with Crippen molar-refractivity contribution in [2.75, 3.05) is 0 Å². The minimum atomic E-state index is -2.10. The van der Waals surface area contributed by atoms with Gasteiger partial charge in [0.1, 0.15) is 5.82 Å². The second-order valence-electron chi connectivity index (χ2n) is 4.87. The molecule has 1 heterocycles. The van der Waals surface area contributed by atoms with Crippen LogP contribution in [0.1, 0.15) is 11.1 Å². The zero-order valence-corrected chi connectivity index (χ0v) is 11.8. The van der Waals surface area contributed by atoms with E-state index in [2.05, 4.69) is 20.6 Å². The molecule has 3 rings (SSSR count). The minimum Gasteiger partial charge on any atom is -0.372 e. The Morgan fingerprint density at radius 2 is 1.91 bits per heavy atom. The van der Waals surface area contributed by atoms with E-state index in [-0.39, 0.29) is 22.5 Å². The number of benzene rings is 2. The first-order valence-electron chi connectivity index (χ1n) is 6.65. The summed E-state index contributed by atoms with van der Waals surface area (Å²) in [7, 11) is 0. The number of tetrazole rings is 1. The maximum Gasteiger partial charge on any atom is 0.258 e. The Morgan fingerprint density at radius 3 is 2.52 bits per heavy atom. The maximum atomic E-state index is 14.0. The summed E-state index contributed by atoms with van der Waals surface area (Å²) in [6, 6.07) is 11.8. The van der Waals surface area contributed by atoms with Gasteiger partial charge in [-0.25, -0.2) is 4.39 Å². The van der Waals surface area contributed by atoms with E-state index in [0.717, 1.165) is 6.07 Å². The van der Waals surface area contributed by atoms with Crippen molar-refractivity contribution < 1.29 is 14.3 Å².